The van der Waals surface area contributed by atoms with E-state index < -0.39 is 0 Å². The third-order valence-corrected chi connectivity index (χ3v) is 2.53. The normalized spacial score (nSPS) is 19.8. The molecule has 2 heterocycles. The standard InChI is InChI=1S/C12H15N3O2/c1-3-10-8-16-6-5-15(10)11-7-12(17-4-2)14-9-13-11/h1,7,9-10H,4-6,8H2,2H3/t10-/m1/s1. The number of rotatable bonds is 3. The van der Waals surface area contributed by atoms with Gasteiger partial charge in [-0.25, -0.2) is 9.97 Å². The summed E-state index contributed by atoms with van der Waals surface area (Å²) in [5, 5.41) is 0. The van der Waals surface area contributed by atoms with E-state index in [4.69, 9.17) is 15.9 Å². The Bertz CT molecular complexity index is 416. The molecular weight excluding hydrogens is 218 g/mol. The van der Waals surface area contributed by atoms with E-state index in [-0.39, 0.29) is 6.04 Å². The molecule has 1 aromatic heterocycles. The summed E-state index contributed by atoms with van der Waals surface area (Å²) < 4.78 is 10.7. The van der Waals surface area contributed by atoms with Crippen LogP contribution in [0.3, 0.4) is 0 Å². The average molecular weight is 233 g/mol. The lowest BCUT2D eigenvalue weighted by Crippen LogP contribution is -2.45. The molecule has 0 aromatic carbocycles. The monoisotopic (exact) mass is 233 g/mol. The number of hydrogen-bond acceptors (Lipinski definition) is 5. The van der Waals surface area contributed by atoms with Crippen molar-refractivity contribution in [3.05, 3.63) is 12.4 Å². The minimum absolute atomic E-state index is 0.0758. The molecule has 0 N–H and O–H groups in total. The number of aromatic nitrogens is 2. The van der Waals surface area contributed by atoms with E-state index in [2.05, 4.69) is 15.9 Å². The third kappa shape index (κ3) is 2.66. The van der Waals surface area contributed by atoms with Crippen molar-refractivity contribution < 1.29 is 9.47 Å². The van der Waals surface area contributed by atoms with Crippen LogP contribution >= 0.6 is 0 Å². The Labute approximate surface area is 101 Å². The maximum absolute atomic E-state index is 5.48. The van der Waals surface area contributed by atoms with Gasteiger partial charge in [-0.15, -0.1) is 6.42 Å². The molecule has 0 radical (unpaired) electrons. The fraction of sp³-hybridized carbons (Fsp3) is 0.500. The Kier molecular flexibility index (Phi) is 3.78. The van der Waals surface area contributed by atoms with Gasteiger partial charge in [0.05, 0.1) is 19.8 Å². The first-order chi connectivity index (χ1) is 8.35. The summed E-state index contributed by atoms with van der Waals surface area (Å²) in [5.74, 6) is 4.06. The van der Waals surface area contributed by atoms with Crippen LogP contribution in [0.1, 0.15) is 6.92 Å². The summed E-state index contributed by atoms with van der Waals surface area (Å²) >= 11 is 0. The highest BCUT2D eigenvalue weighted by Crippen LogP contribution is 2.19. The van der Waals surface area contributed by atoms with E-state index in [9.17, 15) is 0 Å². The second-order valence-electron chi connectivity index (χ2n) is 3.60. The Hall–Kier alpha value is -1.80. The zero-order valence-corrected chi connectivity index (χ0v) is 9.80. The van der Waals surface area contributed by atoms with E-state index in [0.717, 1.165) is 12.4 Å². The second-order valence-corrected chi connectivity index (χ2v) is 3.60. The number of ether oxygens (including phenoxy) is 2. The van der Waals surface area contributed by atoms with Gasteiger partial charge in [0, 0.05) is 12.6 Å². The molecule has 17 heavy (non-hydrogen) atoms. The van der Waals surface area contributed by atoms with Gasteiger partial charge in [0.1, 0.15) is 18.2 Å². The van der Waals surface area contributed by atoms with Gasteiger partial charge in [-0.1, -0.05) is 5.92 Å². The molecule has 1 aliphatic rings. The van der Waals surface area contributed by atoms with Gasteiger partial charge in [-0.05, 0) is 6.92 Å². The van der Waals surface area contributed by atoms with Crippen molar-refractivity contribution in [3.8, 4) is 18.2 Å². The zero-order chi connectivity index (χ0) is 12.1. The van der Waals surface area contributed by atoms with Crippen LogP contribution < -0.4 is 9.64 Å². The highest BCUT2D eigenvalue weighted by atomic mass is 16.5. The van der Waals surface area contributed by atoms with E-state index in [1.807, 2.05) is 11.8 Å². The predicted octanol–water partition coefficient (Wildman–Crippen LogP) is 0.714. The zero-order valence-electron chi connectivity index (χ0n) is 9.80. The SMILES string of the molecule is C#C[C@@H]1COCCN1c1cc(OCC)ncn1. The van der Waals surface area contributed by atoms with Gasteiger partial charge in [0.2, 0.25) is 5.88 Å². The molecule has 1 aromatic rings. The summed E-state index contributed by atoms with van der Waals surface area (Å²) in [6.45, 7) is 4.42. The van der Waals surface area contributed by atoms with Gasteiger partial charge in [0.15, 0.2) is 0 Å². The van der Waals surface area contributed by atoms with Crippen LogP contribution in [-0.2, 0) is 4.74 Å². The van der Waals surface area contributed by atoms with Crippen molar-refractivity contribution in [1.82, 2.24) is 9.97 Å². The lowest BCUT2D eigenvalue weighted by molar-refractivity contribution is 0.107. The minimum Gasteiger partial charge on any atom is -0.478 e. The maximum Gasteiger partial charge on any atom is 0.218 e. The van der Waals surface area contributed by atoms with Crippen molar-refractivity contribution in [3.63, 3.8) is 0 Å². The molecule has 1 fully saturated rings. The quantitative estimate of drug-likeness (QED) is 0.720. The molecule has 1 atom stereocenters. The van der Waals surface area contributed by atoms with Crippen molar-refractivity contribution in [2.75, 3.05) is 31.3 Å². The summed E-state index contributed by atoms with van der Waals surface area (Å²) in [7, 11) is 0. The van der Waals surface area contributed by atoms with Crippen molar-refractivity contribution in [2.24, 2.45) is 0 Å². The molecule has 0 bridgehead atoms. The predicted molar refractivity (Wildman–Crippen MR) is 64.0 cm³/mol. The molecule has 0 spiro atoms. The van der Waals surface area contributed by atoms with Crippen LogP contribution in [0.25, 0.3) is 0 Å². The van der Waals surface area contributed by atoms with Crippen molar-refractivity contribution >= 4 is 5.82 Å². The van der Waals surface area contributed by atoms with E-state index >= 15 is 0 Å². The summed E-state index contributed by atoms with van der Waals surface area (Å²) in [6, 6.07) is 1.73. The van der Waals surface area contributed by atoms with Crippen LogP contribution in [0.15, 0.2) is 12.4 Å². The Balaban J connectivity index is 2.20. The van der Waals surface area contributed by atoms with Crippen LogP contribution in [0.2, 0.25) is 0 Å². The highest BCUT2D eigenvalue weighted by Gasteiger charge is 2.22. The highest BCUT2D eigenvalue weighted by molar-refractivity contribution is 5.44. The summed E-state index contributed by atoms with van der Waals surface area (Å²) in [6.07, 6.45) is 6.97. The first-order valence-electron chi connectivity index (χ1n) is 5.60. The molecule has 0 amide bonds. The number of nitrogens with zero attached hydrogens (tertiary/aromatic N) is 3. The maximum atomic E-state index is 5.48. The topological polar surface area (TPSA) is 47.5 Å². The fourth-order valence-corrected chi connectivity index (χ4v) is 1.73. The number of anilines is 1. The van der Waals surface area contributed by atoms with Gasteiger partial charge in [0.25, 0.3) is 0 Å². The van der Waals surface area contributed by atoms with Gasteiger partial charge >= 0.3 is 0 Å². The largest absolute Gasteiger partial charge is 0.478 e. The molecular formula is C12H15N3O2. The van der Waals surface area contributed by atoms with Crippen molar-refractivity contribution in [1.29, 1.82) is 0 Å². The molecule has 90 valence electrons. The Morgan fingerprint density at radius 3 is 3.29 bits per heavy atom. The first kappa shape index (κ1) is 11.7. The van der Waals surface area contributed by atoms with Gasteiger partial charge < -0.3 is 14.4 Å². The molecule has 1 saturated heterocycles. The molecule has 5 heteroatoms. The molecule has 0 saturated carbocycles. The van der Waals surface area contributed by atoms with Crippen LogP contribution in [0.4, 0.5) is 5.82 Å². The Morgan fingerprint density at radius 1 is 1.65 bits per heavy atom. The lowest BCUT2D eigenvalue weighted by Gasteiger charge is -2.33. The lowest BCUT2D eigenvalue weighted by atomic mass is 10.2. The molecule has 0 unspecified atom stereocenters. The third-order valence-electron chi connectivity index (χ3n) is 2.53. The first-order valence-corrected chi connectivity index (χ1v) is 5.60. The number of morpholine rings is 1. The van der Waals surface area contributed by atoms with Gasteiger partial charge in [-0.2, -0.15) is 0 Å². The van der Waals surface area contributed by atoms with Crippen molar-refractivity contribution in [2.45, 2.75) is 13.0 Å². The van der Waals surface area contributed by atoms with Crippen LogP contribution in [0.5, 0.6) is 5.88 Å². The number of hydrogen-bond donors (Lipinski definition) is 0. The smallest absolute Gasteiger partial charge is 0.218 e. The van der Waals surface area contributed by atoms with Crippen LogP contribution in [-0.4, -0.2) is 42.4 Å². The molecule has 1 aliphatic heterocycles. The molecule has 0 aliphatic carbocycles. The summed E-state index contributed by atoms with van der Waals surface area (Å²) in [5.41, 5.74) is 0. The summed E-state index contributed by atoms with van der Waals surface area (Å²) in [4.78, 5) is 10.3. The second kappa shape index (κ2) is 5.51. The van der Waals surface area contributed by atoms with Crippen LogP contribution in [0, 0.1) is 12.3 Å². The number of terminal acetylenes is 1. The van der Waals surface area contributed by atoms with E-state index in [1.54, 1.807) is 6.07 Å². The fourth-order valence-electron chi connectivity index (χ4n) is 1.73. The molecule has 5 nitrogen and oxygen atoms in total. The minimum atomic E-state index is -0.0758. The average Bonchev–Trinajstić information content (AvgIpc) is 2.39. The van der Waals surface area contributed by atoms with E-state index in [1.165, 1.54) is 6.33 Å². The van der Waals surface area contributed by atoms with Gasteiger partial charge in [-0.3, -0.25) is 0 Å². The van der Waals surface area contributed by atoms with E-state index in [0.29, 0.717) is 25.7 Å². The molecule has 2 rings (SSSR count). The Morgan fingerprint density at radius 2 is 2.53 bits per heavy atom.